The van der Waals surface area contributed by atoms with Gasteiger partial charge in [-0.3, -0.25) is 0 Å². The Morgan fingerprint density at radius 2 is 1.74 bits per heavy atom. The van der Waals surface area contributed by atoms with E-state index in [2.05, 4.69) is 21.2 Å². The Bertz CT molecular complexity index is 577. The van der Waals surface area contributed by atoms with Crippen LogP contribution in [0.15, 0.2) is 46.9 Å². The highest BCUT2D eigenvalue weighted by atomic mass is 79.9. The van der Waals surface area contributed by atoms with E-state index >= 15 is 0 Å². The average molecular weight is 361 g/mol. The fraction of sp³-hybridized carbons (Fsp3) is 0.143. The highest BCUT2D eigenvalue weighted by Crippen LogP contribution is 2.31. The van der Waals surface area contributed by atoms with E-state index in [-0.39, 0.29) is 0 Å². The fourth-order valence-corrected chi connectivity index (χ4v) is 2.54. The fourth-order valence-electron chi connectivity index (χ4n) is 1.70. The number of halogens is 3. The summed E-state index contributed by atoms with van der Waals surface area (Å²) in [7, 11) is 0. The lowest BCUT2D eigenvalue weighted by molar-refractivity contribution is 0.191. The van der Waals surface area contributed by atoms with Gasteiger partial charge in [-0.1, -0.05) is 47.5 Å². The second-order valence-corrected chi connectivity index (χ2v) is 5.63. The van der Waals surface area contributed by atoms with Crippen molar-refractivity contribution < 1.29 is 5.11 Å². The maximum atomic E-state index is 10.1. The van der Waals surface area contributed by atoms with E-state index in [1.54, 1.807) is 12.1 Å². The molecule has 2 aromatic rings. The Morgan fingerprint density at radius 1 is 1.05 bits per heavy atom. The van der Waals surface area contributed by atoms with Crippen LogP contribution in [-0.4, -0.2) is 11.7 Å². The summed E-state index contributed by atoms with van der Waals surface area (Å²) in [6.45, 7) is 0.350. The zero-order chi connectivity index (χ0) is 13.8. The third-order valence-corrected chi connectivity index (χ3v) is 4.44. The Hall–Kier alpha value is -0.740. The molecular weight excluding hydrogens is 349 g/mol. The minimum atomic E-state index is -0.681. The first kappa shape index (κ1) is 14.7. The van der Waals surface area contributed by atoms with Crippen molar-refractivity contribution in [1.82, 2.24) is 0 Å². The summed E-state index contributed by atoms with van der Waals surface area (Å²) in [4.78, 5) is 0. The zero-order valence-corrected chi connectivity index (χ0v) is 13.0. The predicted molar refractivity (Wildman–Crippen MR) is 84.1 cm³/mol. The quantitative estimate of drug-likeness (QED) is 0.812. The topological polar surface area (TPSA) is 32.3 Å². The maximum absolute atomic E-state index is 10.1. The molecule has 0 aromatic heterocycles. The first-order valence-corrected chi connectivity index (χ1v) is 7.25. The Kier molecular flexibility index (Phi) is 5.11. The van der Waals surface area contributed by atoms with Crippen molar-refractivity contribution >= 4 is 44.8 Å². The Balaban J connectivity index is 2.07. The smallest absolute Gasteiger partial charge is 0.0976 e. The second kappa shape index (κ2) is 6.62. The minimum absolute atomic E-state index is 0.350. The van der Waals surface area contributed by atoms with Crippen LogP contribution in [0.1, 0.15) is 11.7 Å². The molecular formula is C14H12BrCl2NO. The van der Waals surface area contributed by atoms with Gasteiger partial charge in [-0.15, -0.1) is 0 Å². The van der Waals surface area contributed by atoms with Crippen LogP contribution in [0.25, 0.3) is 0 Å². The van der Waals surface area contributed by atoms with Gasteiger partial charge in [-0.25, -0.2) is 0 Å². The summed E-state index contributed by atoms with van der Waals surface area (Å²) in [6, 6.07) is 12.8. The van der Waals surface area contributed by atoms with Crippen molar-refractivity contribution in [1.29, 1.82) is 0 Å². The molecule has 2 rings (SSSR count). The lowest BCUT2D eigenvalue weighted by atomic mass is 10.1. The Labute approximate surface area is 130 Å². The van der Waals surface area contributed by atoms with Crippen LogP contribution in [0, 0.1) is 0 Å². The predicted octanol–water partition coefficient (Wildman–Crippen LogP) is 4.90. The van der Waals surface area contributed by atoms with Crippen molar-refractivity contribution in [2.75, 3.05) is 11.9 Å². The standard InChI is InChI=1S/C14H12BrCl2NO/c15-14-11(17)6-3-7-12(14)18-8-13(19)9-4-1-2-5-10(9)16/h1-7,13,18-19H,8H2. The molecule has 0 spiro atoms. The van der Waals surface area contributed by atoms with Crippen LogP contribution in [0.3, 0.4) is 0 Å². The molecule has 2 aromatic carbocycles. The van der Waals surface area contributed by atoms with Crippen molar-refractivity contribution in [3.05, 3.63) is 62.5 Å². The molecule has 1 atom stereocenters. The van der Waals surface area contributed by atoms with E-state index in [0.29, 0.717) is 22.2 Å². The molecule has 0 bridgehead atoms. The largest absolute Gasteiger partial charge is 0.387 e. The number of anilines is 1. The number of aliphatic hydroxyl groups excluding tert-OH is 1. The molecule has 100 valence electrons. The average Bonchev–Trinajstić information content (AvgIpc) is 2.40. The third-order valence-electron chi connectivity index (χ3n) is 2.70. The first-order valence-electron chi connectivity index (χ1n) is 5.70. The minimum Gasteiger partial charge on any atom is -0.387 e. The molecule has 0 heterocycles. The molecule has 19 heavy (non-hydrogen) atoms. The van der Waals surface area contributed by atoms with E-state index in [4.69, 9.17) is 23.2 Å². The summed E-state index contributed by atoms with van der Waals surface area (Å²) in [5.74, 6) is 0. The van der Waals surface area contributed by atoms with Crippen molar-refractivity contribution in [2.45, 2.75) is 6.10 Å². The number of hydrogen-bond acceptors (Lipinski definition) is 2. The van der Waals surface area contributed by atoms with Crippen LogP contribution in [-0.2, 0) is 0 Å². The molecule has 0 amide bonds. The van der Waals surface area contributed by atoms with Gasteiger partial charge in [0.05, 0.1) is 21.3 Å². The summed E-state index contributed by atoms with van der Waals surface area (Å²) in [6.07, 6.45) is -0.681. The van der Waals surface area contributed by atoms with Crippen molar-refractivity contribution in [3.8, 4) is 0 Å². The molecule has 0 fully saturated rings. The maximum Gasteiger partial charge on any atom is 0.0976 e. The summed E-state index contributed by atoms with van der Waals surface area (Å²) in [5.41, 5.74) is 1.54. The Morgan fingerprint density at radius 3 is 2.47 bits per heavy atom. The van der Waals surface area contributed by atoms with E-state index in [9.17, 15) is 5.11 Å². The molecule has 0 aliphatic rings. The summed E-state index contributed by atoms with van der Waals surface area (Å²) < 4.78 is 0.781. The molecule has 2 nitrogen and oxygen atoms in total. The van der Waals surface area contributed by atoms with Crippen molar-refractivity contribution in [3.63, 3.8) is 0 Å². The molecule has 5 heteroatoms. The van der Waals surface area contributed by atoms with Crippen LogP contribution < -0.4 is 5.32 Å². The highest BCUT2D eigenvalue weighted by Gasteiger charge is 2.11. The van der Waals surface area contributed by atoms with Crippen molar-refractivity contribution in [2.24, 2.45) is 0 Å². The van der Waals surface area contributed by atoms with E-state index in [1.807, 2.05) is 30.3 Å². The monoisotopic (exact) mass is 359 g/mol. The third kappa shape index (κ3) is 3.63. The van der Waals surface area contributed by atoms with Gasteiger partial charge in [0, 0.05) is 17.1 Å². The molecule has 2 N–H and O–H groups in total. The van der Waals surface area contributed by atoms with E-state index in [1.165, 1.54) is 0 Å². The van der Waals surface area contributed by atoms with Gasteiger partial charge in [0.2, 0.25) is 0 Å². The molecule has 1 unspecified atom stereocenters. The van der Waals surface area contributed by atoms with Gasteiger partial charge in [-0.2, -0.15) is 0 Å². The normalized spacial score (nSPS) is 12.2. The molecule has 0 aliphatic carbocycles. The summed E-state index contributed by atoms with van der Waals surface area (Å²) >= 11 is 15.4. The second-order valence-electron chi connectivity index (χ2n) is 4.02. The first-order chi connectivity index (χ1) is 9.09. The van der Waals surface area contributed by atoms with Crippen LogP contribution >= 0.6 is 39.1 Å². The van der Waals surface area contributed by atoms with Crippen LogP contribution in [0.5, 0.6) is 0 Å². The molecule has 0 saturated carbocycles. The van der Waals surface area contributed by atoms with Gasteiger partial charge >= 0.3 is 0 Å². The van der Waals surface area contributed by atoms with Gasteiger partial charge in [0.25, 0.3) is 0 Å². The zero-order valence-electron chi connectivity index (χ0n) is 9.91. The van der Waals surface area contributed by atoms with E-state index in [0.717, 1.165) is 10.2 Å². The lowest BCUT2D eigenvalue weighted by Crippen LogP contribution is -2.12. The summed E-state index contributed by atoms with van der Waals surface area (Å²) in [5, 5.41) is 14.4. The lowest BCUT2D eigenvalue weighted by Gasteiger charge is -2.15. The number of aliphatic hydroxyl groups is 1. The van der Waals surface area contributed by atoms with Gasteiger partial charge in [0.1, 0.15) is 0 Å². The number of hydrogen-bond donors (Lipinski definition) is 2. The molecule has 0 saturated heterocycles. The van der Waals surface area contributed by atoms with E-state index < -0.39 is 6.10 Å². The number of benzene rings is 2. The van der Waals surface area contributed by atoms with Crippen LogP contribution in [0.2, 0.25) is 10.0 Å². The molecule has 0 radical (unpaired) electrons. The number of rotatable bonds is 4. The number of nitrogens with one attached hydrogen (secondary N) is 1. The van der Waals surface area contributed by atoms with Gasteiger partial charge < -0.3 is 10.4 Å². The SMILES string of the molecule is OC(CNc1cccc(Cl)c1Br)c1ccccc1Cl. The highest BCUT2D eigenvalue weighted by molar-refractivity contribution is 9.10. The van der Waals surface area contributed by atoms with Gasteiger partial charge in [0.15, 0.2) is 0 Å². The van der Waals surface area contributed by atoms with Gasteiger partial charge in [-0.05, 0) is 34.1 Å². The van der Waals surface area contributed by atoms with Crippen LogP contribution in [0.4, 0.5) is 5.69 Å². The molecule has 0 aliphatic heterocycles.